The van der Waals surface area contributed by atoms with Gasteiger partial charge in [0.2, 0.25) is 5.91 Å². The van der Waals surface area contributed by atoms with Crippen LogP contribution in [0.15, 0.2) is 29.2 Å². The molecule has 1 aromatic rings. The minimum atomic E-state index is -0.0423. The second-order valence-corrected chi connectivity index (χ2v) is 6.69. The first-order chi connectivity index (χ1) is 10.1. The van der Waals surface area contributed by atoms with Gasteiger partial charge in [-0.2, -0.15) is 0 Å². The number of amides is 1. The SMILES string of the molecule is CCC(C)CN1C(=O)C(CC)NC1c1ccc(SC)cc1. The maximum Gasteiger partial charge on any atom is 0.241 e. The lowest BCUT2D eigenvalue weighted by molar-refractivity contribution is -0.130. The molecule has 1 aliphatic rings. The number of hydrogen-bond acceptors (Lipinski definition) is 3. The van der Waals surface area contributed by atoms with Gasteiger partial charge in [-0.1, -0.05) is 39.3 Å². The molecule has 1 N–H and O–H groups in total. The predicted molar refractivity (Wildman–Crippen MR) is 89.3 cm³/mol. The fraction of sp³-hybridized carbons (Fsp3) is 0.588. The number of thioether (sulfide) groups is 1. The predicted octanol–water partition coefficient (Wildman–Crippen LogP) is 3.66. The standard InChI is InChI=1S/C17H26N2OS/c1-5-12(3)11-19-16(18-15(6-2)17(19)20)13-7-9-14(21-4)10-8-13/h7-10,12,15-16,18H,5-6,11H2,1-4H3. The summed E-state index contributed by atoms with van der Waals surface area (Å²) in [6.07, 6.45) is 4.04. The van der Waals surface area contributed by atoms with Crippen molar-refractivity contribution >= 4 is 17.7 Å². The van der Waals surface area contributed by atoms with E-state index in [0.717, 1.165) is 19.4 Å². The first kappa shape index (κ1) is 16.4. The van der Waals surface area contributed by atoms with Gasteiger partial charge in [-0.05, 0) is 36.3 Å². The summed E-state index contributed by atoms with van der Waals surface area (Å²) in [5.74, 6) is 0.774. The van der Waals surface area contributed by atoms with E-state index in [4.69, 9.17) is 0 Å². The molecule has 1 aliphatic heterocycles. The number of rotatable bonds is 6. The van der Waals surface area contributed by atoms with E-state index in [0.29, 0.717) is 5.92 Å². The van der Waals surface area contributed by atoms with E-state index in [-0.39, 0.29) is 18.1 Å². The highest BCUT2D eigenvalue weighted by atomic mass is 32.2. The summed E-state index contributed by atoms with van der Waals surface area (Å²) in [7, 11) is 0. The van der Waals surface area contributed by atoms with Gasteiger partial charge in [0.1, 0.15) is 6.17 Å². The molecule has 3 nitrogen and oxygen atoms in total. The summed E-state index contributed by atoms with van der Waals surface area (Å²) in [5, 5.41) is 3.49. The van der Waals surface area contributed by atoms with Crippen molar-refractivity contribution in [1.82, 2.24) is 10.2 Å². The topological polar surface area (TPSA) is 32.3 Å². The van der Waals surface area contributed by atoms with E-state index < -0.39 is 0 Å². The molecule has 1 amide bonds. The lowest BCUT2D eigenvalue weighted by Crippen LogP contribution is -2.34. The van der Waals surface area contributed by atoms with Gasteiger partial charge in [-0.3, -0.25) is 10.1 Å². The van der Waals surface area contributed by atoms with Gasteiger partial charge in [0.05, 0.1) is 6.04 Å². The zero-order valence-electron chi connectivity index (χ0n) is 13.4. The third kappa shape index (κ3) is 3.61. The maximum absolute atomic E-state index is 12.6. The molecular weight excluding hydrogens is 280 g/mol. The Kier molecular flexibility index (Phi) is 5.71. The van der Waals surface area contributed by atoms with Gasteiger partial charge in [0.15, 0.2) is 0 Å². The van der Waals surface area contributed by atoms with Crippen LogP contribution in [-0.4, -0.2) is 29.6 Å². The van der Waals surface area contributed by atoms with Crippen LogP contribution in [0.2, 0.25) is 0 Å². The third-order valence-electron chi connectivity index (χ3n) is 4.30. The zero-order valence-corrected chi connectivity index (χ0v) is 14.2. The highest BCUT2D eigenvalue weighted by Gasteiger charge is 2.38. The first-order valence-electron chi connectivity index (χ1n) is 7.81. The van der Waals surface area contributed by atoms with Crippen LogP contribution in [0, 0.1) is 5.92 Å². The molecule has 0 spiro atoms. The maximum atomic E-state index is 12.6. The molecular formula is C17H26N2OS. The highest BCUT2D eigenvalue weighted by molar-refractivity contribution is 7.98. The summed E-state index contributed by atoms with van der Waals surface area (Å²) in [5.41, 5.74) is 1.18. The van der Waals surface area contributed by atoms with Crippen molar-refractivity contribution in [1.29, 1.82) is 0 Å². The first-order valence-corrected chi connectivity index (χ1v) is 9.03. The molecule has 0 radical (unpaired) electrons. The largest absolute Gasteiger partial charge is 0.321 e. The monoisotopic (exact) mass is 306 g/mol. The third-order valence-corrected chi connectivity index (χ3v) is 5.04. The fourth-order valence-corrected chi connectivity index (χ4v) is 3.10. The molecule has 0 bridgehead atoms. The van der Waals surface area contributed by atoms with Crippen LogP contribution in [-0.2, 0) is 4.79 Å². The average Bonchev–Trinajstić information content (AvgIpc) is 2.83. The number of nitrogens with zero attached hydrogens (tertiary/aromatic N) is 1. The molecule has 4 heteroatoms. The van der Waals surface area contributed by atoms with E-state index in [1.54, 1.807) is 11.8 Å². The van der Waals surface area contributed by atoms with E-state index in [9.17, 15) is 4.79 Å². The molecule has 0 saturated carbocycles. The minimum Gasteiger partial charge on any atom is -0.321 e. The molecule has 21 heavy (non-hydrogen) atoms. The van der Waals surface area contributed by atoms with Gasteiger partial charge >= 0.3 is 0 Å². The lowest BCUT2D eigenvalue weighted by atomic mass is 10.1. The smallest absolute Gasteiger partial charge is 0.241 e. The van der Waals surface area contributed by atoms with Gasteiger partial charge in [0.25, 0.3) is 0 Å². The number of benzene rings is 1. The molecule has 3 atom stereocenters. The number of nitrogens with one attached hydrogen (secondary N) is 1. The van der Waals surface area contributed by atoms with Crippen molar-refractivity contribution in [3.8, 4) is 0 Å². The van der Waals surface area contributed by atoms with Crippen molar-refractivity contribution in [3.05, 3.63) is 29.8 Å². The summed E-state index contributed by atoms with van der Waals surface area (Å²) < 4.78 is 0. The molecule has 1 saturated heterocycles. The van der Waals surface area contributed by atoms with Crippen LogP contribution in [0.4, 0.5) is 0 Å². The van der Waals surface area contributed by atoms with Gasteiger partial charge in [-0.25, -0.2) is 0 Å². The van der Waals surface area contributed by atoms with Crippen LogP contribution < -0.4 is 5.32 Å². The molecule has 2 rings (SSSR count). The van der Waals surface area contributed by atoms with E-state index >= 15 is 0 Å². The highest BCUT2D eigenvalue weighted by Crippen LogP contribution is 2.29. The molecule has 0 aliphatic carbocycles. The summed E-state index contributed by atoms with van der Waals surface area (Å²) in [6.45, 7) is 7.28. The molecule has 3 unspecified atom stereocenters. The minimum absolute atomic E-state index is 0.0207. The Morgan fingerprint density at radius 3 is 2.48 bits per heavy atom. The van der Waals surface area contributed by atoms with Gasteiger partial charge in [-0.15, -0.1) is 11.8 Å². The van der Waals surface area contributed by atoms with Crippen molar-refractivity contribution in [2.45, 2.75) is 50.7 Å². The van der Waals surface area contributed by atoms with E-state index in [2.05, 4.69) is 56.6 Å². The molecule has 0 aromatic heterocycles. The zero-order chi connectivity index (χ0) is 15.4. The van der Waals surface area contributed by atoms with E-state index in [1.807, 2.05) is 4.90 Å². The van der Waals surface area contributed by atoms with Crippen molar-refractivity contribution < 1.29 is 4.79 Å². The molecule has 116 valence electrons. The second kappa shape index (κ2) is 7.32. The van der Waals surface area contributed by atoms with Crippen molar-refractivity contribution in [2.24, 2.45) is 5.92 Å². The van der Waals surface area contributed by atoms with Crippen LogP contribution in [0.1, 0.15) is 45.3 Å². The van der Waals surface area contributed by atoms with Crippen molar-refractivity contribution in [2.75, 3.05) is 12.8 Å². The Morgan fingerprint density at radius 2 is 1.95 bits per heavy atom. The summed E-state index contributed by atoms with van der Waals surface area (Å²) in [6, 6.07) is 8.50. The Morgan fingerprint density at radius 1 is 1.29 bits per heavy atom. The van der Waals surface area contributed by atoms with E-state index in [1.165, 1.54) is 10.5 Å². The van der Waals surface area contributed by atoms with Gasteiger partial charge < -0.3 is 4.90 Å². The lowest BCUT2D eigenvalue weighted by Gasteiger charge is -2.27. The Bertz CT molecular complexity index is 474. The average molecular weight is 306 g/mol. The van der Waals surface area contributed by atoms with Crippen LogP contribution in [0.5, 0.6) is 0 Å². The normalized spacial score (nSPS) is 23.6. The molecule has 1 aromatic carbocycles. The van der Waals surface area contributed by atoms with Gasteiger partial charge in [0, 0.05) is 11.4 Å². The van der Waals surface area contributed by atoms with Crippen molar-refractivity contribution in [3.63, 3.8) is 0 Å². The second-order valence-electron chi connectivity index (χ2n) is 5.81. The fourth-order valence-electron chi connectivity index (χ4n) is 2.69. The number of hydrogen-bond donors (Lipinski definition) is 1. The Labute approximate surface area is 132 Å². The summed E-state index contributed by atoms with van der Waals surface area (Å²) in [4.78, 5) is 15.8. The van der Waals surface area contributed by atoms with Crippen LogP contribution in [0.3, 0.4) is 0 Å². The number of carbonyl (C=O) groups is 1. The Hall–Kier alpha value is -1.00. The van der Waals surface area contributed by atoms with Crippen LogP contribution >= 0.6 is 11.8 Å². The van der Waals surface area contributed by atoms with Crippen LogP contribution in [0.25, 0.3) is 0 Å². The molecule has 1 heterocycles. The molecule has 1 fully saturated rings. The summed E-state index contributed by atoms with van der Waals surface area (Å²) >= 11 is 1.74. The quantitative estimate of drug-likeness (QED) is 0.814. The Balaban J connectivity index is 2.22. The number of carbonyl (C=O) groups excluding carboxylic acids is 1.